The molecule has 0 saturated carbocycles. The molecule has 2 heterocycles. The van der Waals surface area contributed by atoms with Crippen LogP contribution in [0, 0.1) is 0 Å². The van der Waals surface area contributed by atoms with Crippen molar-refractivity contribution >= 4 is 46.8 Å². The van der Waals surface area contributed by atoms with Crippen molar-refractivity contribution in [3.8, 4) is 0 Å². The number of hydrogen-bond donors (Lipinski definition) is 4. The summed E-state index contributed by atoms with van der Waals surface area (Å²) in [6.45, 7) is 0.768. The van der Waals surface area contributed by atoms with Crippen LogP contribution in [0.4, 0.5) is 0 Å². The summed E-state index contributed by atoms with van der Waals surface area (Å²) < 4.78 is 10.5. The van der Waals surface area contributed by atoms with E-state index >= 15 is 0 Å². The molecular weight excluding hydrogens is 518 g/mol. The van der Waals surface area contributed by atoms with E-state index in [-0.39, 0.29) is 0 Å². The molecule has 0 spiro atoms. The summed E-state index contributed by atoms with van der Waals surface area (Å²) in [5.41, 5.74) is 6.29. The van der Waals surface area contributed by atoms with Crippen molar-refractivity contribution in [1.29, 1.82) is 0 Å². The Bertz CT molecular complexity index is 1340. The van der Waals surface area contributed by atoms with E-state index in [1.54, 1.807) is 33.7 Å². The summed E-state index contributed by atoms with van der Waals surface area (Å²) >= 11 is 0. The minimum absolute atomic E-state index is 0.384. The van der Waals surface area contributed by atoms with E-state index in [4.69, 9.17) is 9.31 Å². The highest BCUT2D eigenvalue weighted by atomic mass is 33.1. The second-order valence-electron chi connectivity index (χ2n) is 9.35. The Morgan fingerprint density at radius 1 is 0.553 bits per heavy atom. The average molecular weight is 542 g/mol. The molecule has 2 aliphatic heterocycles. The van der Waals surface area contributed by atoms with Gasteiger partial charge in [-0.05, 0) is 68.6 Å². The van der Waals surface area contributed by atoms with Crippen LogP contribution in [0.25, 0.3) is 0 Å². The molecule has 38 heavy (non-hydrogen) atoms. The van der Waals surface area contributed by atoms with E-state index in [1.165, 1.54) is 0 Å². The summed E-state index contributed by atoms with van der Waals surface area (Å²) in [7, 11) is 1.35. The minimum Gasteiger partial charge on any atom is -0.423 e. The van der Waals surface area contributed by atoms with Gasteiger partial charge in [-0.2, -0.15) is 0 Å². The maximum Gasteiger partial charge on any atom is 0.491 e. The van der Waals surface area contributed by atoms with Gasteiger partial charge in [-0.3, -0.25) is 0 Å². The Kier molecular flexibility index (Phi) is 7.39. The van der Waals surface area contributed by atoms with Crippen LogP contribution in [0.1, 0.15) is 45.6 Å². The zero-order chi connectivity index (χ0) is 26.2. The number of aliphatic hydroxyl groups excluding tert-OH is 2. The fraction of sp³-hybridized carbons (Fsp3) is 0.143. The first-order valence-electron chi connectivity index (χ1n) is 12.2. The van der Waals surface area contributed by atoms with Crippen molar-refractivity contribution in [3.63, 3.8) is 0 Å². The number of hydrogen-bond acceptors (Lipinski definition) is 8. The van der Waals surface area contributed by atoms with Gasteiger partial charge in [-0.25, -0.2) is 0 Å². The highest BCUT2D eigenvalue weighted by molar-refractivity contribution is 8.76. The molecular formula is C28H24B2O6S2. The molecule has 2 atom stereocenters. The predicted molar refractivity (Wildman–Crippen MR) is 150 cm³/mol. The molecule has 0 aliphatic carbocycles. The lowest BCUT2D eigenvalue weighted by atomic mass is 9.78. The molecule has 190 valence electrons. The maximum absolute atomic E-state index is 10.8. The summed E-state index contributed by atoms with van der Waals surface area (Å²) in [6.07, 6.45) is -1.58. The van der Waals surface area contributed by atoms with Gasteiger partial charge in [0.1, 0.15) is 12.2 Å². The van der Waals surface area contributed by atoms with Crippen LogP contribution >= 0.6 is 21.6 Å². The molecule has 0 aromatic heterocycles. The molecule has 6 nitrogen and oxygen atoms in total. The van der Waals surface area contributed by atoms with Gasteiger partial charge < -0.3 is 29.6 Å². The van der Waals surface area contributed by atoms with Gasteiger partial charge in [0, 0.05) is 9.79 Å². The molecule has 0 saturated heterocycles. The van der Waals surface area contributed by atoms with Crippen molar-refractivity contribution in [2.75, 3.05) is 0 Å². The second-order valence-corrected chi connectivity index (χ2v) is 11.6. The van der Waals surface area contributed by atoms with Crippen LogP contribution in [0.5, 0.6) is 0 Å². The molecule has 2 unspecified atom stereocenters. The fourth-order valence-corrected chi connectivity index (χ4v) is 6.63. The lowest BCUT2D eigenvalue weighted by molar-refractivity contribution is 0.220. The molecule has 4 aromatic rings. The quantitative estimate of drug-likeness (QED) is 0.209. The number of rotatable bonds is 7. The van der Waals surface area contributed by atoms with Crippen molar-refractivity contribution in [2.24, 2.45) is 0 Å². The van der Waals surface area contributed by atoms with Gasteiger partial charge in [0.15, 0.2) is 0 Å². The first-order valence-corrected chi connectivity index (χ1v) is 14.4. The van der Waals surface area contributed by atoms with Gasteiger partial charge in [-0.15, -0.1) is 0 Å². The van der Waals surface area contributed by atoms with Crippen molar-refractivity contribution in [3.05, 3.63) is 118 Å². The average Bonchev–Trinajstić information content (AvgIpc) is 3.53. The van der Waals surface area contributed by atoms with Crippen LogP contribution in [0.15, 0.2) is 94.7 Å². The van der Waals surface area contributed by atoms with E-state index in [0.29, 0.717) is 24.1 Å². The van der Waals surface area contributed by atoms with Crippen LogP contribution in [0.2, 0.25) is 0 Å². The first kappa shape index (κ1) is 25.7. The Labute approximate surface area is 229 Å². The normalized spacial score (nSPS) is 15.9. The molecule has 4 N–H and O–H groups in total. The largest absolute Gasteiger partial charge is 0.491 e. The number of benzene rings is 4. The maximum atomic E-state index is 10.8. The van der Waals surface area contributed by atoms with E-state index in [0.717, 1.165) is 43.2 Å². The predicted octanol–water partition coefficient (Wildman–Crippen LogP) is 3.08. The third-order valence-corrected chi connectivity index (χ3v) is 9.34. The monoisotopic (exact) mass is 542 g/mol. The molecule has 0 fully saturated rings. The Morgan fingerprint density at radius 3 is 1.32 bits per heavy atom. The van der Waals surface area contributed by atoms with Gasteiger partial charge in [0.2, 0.25) is 0 Å². The van der Waals surface area contributed by atoms with Crippen molar-refractivity contribution < 1.29 is 29.6 Å². The van der Waals surface area contributed by atoms with E-state index in [9.17, 15) is 20.3 Å². The lowest BCUT2D eigenvalue weighted by Gasteiger charge is -2.14. The third-order valence-electron chi connectivity index (χ3n) is 6.92. The van der Waals surface area contributed by atoms with Crippen LogP contribution in [-0.4, -0.2) is 34.5 Å². The number of fused-ring (bicyclic) bond motifs is 2. The lowest BCUT2D eigenvalue weighted by Crippen LogP contribution is -2.28. The molecule has 0 bridgehead atoms. The summed E-state index contributed by atoms with van der Waals surface area (Å²) in [6, 6.07) is 26.7. The molecule has 10 heteroatoms. The molecule has 6 rings (SSSR count). The van der Waals surface area contributed by atoms with Crippen LogP contribution in [0.3, 0.4) is 0 Å². The van der Waals surface area contributed by atoms with Gasteiger partial charge in [-0.1, -0.05) is 82.3 Å². The summed E-state index contributed by atoms with van der Waals surface area (Å²) in [5, 5.41) is 41.6. The van der Waals surface area contributed by atoms with Gasteiger partial charge in [0.25, 0.3) is 0 Å². The Morgan fingerprint density at radius 2 is 0.921 bits per heavy atom. The molecule has 0 amide bonds. The van der Waals surface area contributed by atoms with Gasteiger partial charge in [0.05, 0.1) is 13.2 Å². The third kappa shape index (κ3) is 5.19. The molecule has 4 aromatic carbocycles. The first-order chi connectivity index (χ1) is 18.5. The number of aliphatic hydroxyl groups is 2. The topological polar surface area (TPSA) is 99.4 Å². The zero-order valence-electron chi connectivity index (χ0n) is 20.2. The Hall–Kier alpha value is -2.53. The van der Waals surface area contributed by atoms with Crippen molar-refractivity contribution in [2.45, 2.75) is 35.2 Å². The van der Waals surface area contributed by atoms with Crippen LogP contribution < -0.4 is 10.9 Å². The highest BCUT2D eigenvalue weighted by Gasteiger charge is 2.29. The van der Waals surface area contributed by atoms with E-state index in [2.05, 4.69) is 0 Å². The summed E-state index contributed by atoms with van der Waals surface area (Å²) in [4.78, 5) is 2.10. The van der Waals surface area contributed by atoms with Crippen LogP contribution in [-0.2, 0) is 22.5 Å². The minimum atomic E-state index is -0.937. The van der Waals surface area contributed by atoms with Crippen molar-refractivity contribution in [1.82, 2.24) is 0 Å². The summed E-state index contributed by atoms with van der Waals surface area (Å²) in [5.74, 6) is 0. The Balaban J connectivity index is 1.07. The molecule has 0 radical (unpaired) electrons. The smallest absolute Gasteiger partial charge is 0.423 e. The highest BCUT2D eigenvalue weighted by Crippen LogP contribution is 2.38. The second kappa shape index (κ2) is 10.9. The standard InChI is InChI=1S/C28H24B2O6S2/c31-27(19-1-3-21-15-35-29(33)25(21)13-19)17-5-9-23(10-6-17)37-38-24-11-7-18(8-12-24)28(32)20-2-4-22-16-36-30(34)26(22)14-20/h1-14,27-28,31-34H,15-16H2. The van der Waals surface area contributed by atoms with Gasteiger partial charge >= 0.3 is 14.2 Å². The fourth-order valence-electron chi connectivity index (χ4n) is 4.70. The van der Waals surface area contributed by atoms with E-state index in [1.807, 2.05) is 72.8 Å². The zero-order valence-corrected chi connectivity index (χ0v) is 21.9. The van der Waals surface area contributed by atoms with E-state index < -0.39 is 26.4 Å². The molecule has 2 aliphatic rings. The SMILES string of the molecule is OB1OCc2ccc(C(O)c3ccc(SSc4ccc(C(O)c5ccc6c(c5)B(O)OC6)cc4)cc3)cc21.